The quantitative estimate of drug-likeness (QED) is 0.697. The molecule has 0 radical (unpaired) electrons. The van der Waals surface area contributed by atoms with Crippen molar-refractivity contribution in [3.05, 3.63) is 23.0 Å². The Balaban J connectivity index is 3.01. The molecule has 1 atom stereocenters. The van der Waals surface area contributed by atoms with E-state index in [4.69, 9.17) is 17.3 Å². The number of aliphatic hydroxyl groups is 1. The summed E-state index contributed by atoms with van der Waals surface area (Å²) in [4.78, 5) is -0.630. The Morgan fingerprint density at radius 2 is 2.10 bits per heavy atom. The van der Waals surface area contributed by atoms with Crippen LogP contribution >= 0.6 is 11.6 Å². The minimum atomic E-state index is -4.14. The van der Waals surface area contributed by atoms with Gasteiger partial charge in [0.1, 0.15) is 4.90 Å². The topological polar surface area (TPSA) is 92.4 Å². The third-order valence-electron chi connectivity index (χ3n) is 2.75. The average molecular weight is 325 g/mol. The van der Waals surface area contributed by atoms with Gasteiger partial charge in [0, 0.05) is 11.6 Å². The summed E-state index contributed by atoms with van der Waals surface area (Å²) in [5, 5.41) is 9.95. The van der Waals surface area contributed by atoms with E-state index < -0.39 is 26.3 Å². The molecule has 0 heterocycles. The van der Waals surface area contributed by atoms with E-state index in [9.17, 15) is 17.9 Å². The number of rotatable bonds is 6. The van der Waals surface area contributed by atoms with Crippen molar-refractivity contribution >= 4 is 27.3 Å². The predicted octanol–water partition coefficient (Wildman–Crippen LogP) is 1.89. The van der Waals surface area contributed by atoms with E-state index in [2.05, 4.69) is 4.72 Å². The second kappa shape index (κ2) is 6.26. The van der Waals surface area contributed by atoms with Crippen molar-refractivity contribution < 1.29 is 17.9 Å². The van der Waals surface area contributed by atoms with Gasteiger partial charge in [0.25, 0.3) is 0 Å². The third kappa shape index (κ3) is 4.31. The van der Waals surface area contributed by atoms with Crippen molar-refractivity contribution in [2.75, 3.05) is 12.3 Å². The van der Waals surface area contributed by atoms with Gasteiger partial charge < -0.3 is 10.8 Å². The average Bonchev–Trinajstić information content (AvgIpc) is 2.31. The number of benzene rings is 1. The molecular weight excluding hydrogens is 307 g/mol. The number of hydrogen-bond donors (Lipinski definition) is 3. The second-order valence-corrected chi connectivity index (χ2v) is 7.05. The van der Waals surface area contributed by atoms with E-state index in [0.29, 0.717) is 12.8 Å². The molecule has 5 nitrogen and oxygen atoms in total. The molecule has 8 heteroatoms. The Morgan fingerprint density at radius 1 is 1.50 bits per heavy atom. The summed E-state index contributed by atoms with van der Waals surface area (Å²) in [6, 6.07) is 2.10. The molecule has 1 aromatic rings. The fourth-order valence-corrected chi connectivity index (χ4v) is 3.32. The molecule has 0 saturated carbocycles. The molecule has 1 rings (SSSR count). The molecule has 0 aliphatic heterocycles. The van der Waals surface area contributed by atoms with Crippen LogP contribution in [-0.2, 0) is 10.0 Å². The molecule has 0 aliphatic rings. The van der Waals surface area contributed by atoms with Crippen LogP contribution in [-0.4, -0.2) is 25.7 Å². The van der Waals surface area contributed by atoms with Crippen LogP contribution in [0, 0.1) is 5.82 Å². The van der Waals surface area contributed by atoms with Crippen molar-refractivity contribution in [3.63, 3.8) is 0 Å². The van der Waals surface area contributed by atoms with Gasteiger partial charge in [-0.05, 0) is 25.5 Å². The van der Waals surface area contributed by atoms with E-state index in [0.717, 1.165) is 12.1 Å². The summed E-state index contributed by atoms with van der Waals surface area (Å²) in [5.41, 5.74) is 3.79. The first-order valence-electron chi connectivity index (χ1n) is 6.05. The molecule has 20 heavy (non-hydrogen) atoms. The maximum atomic E-state index is 13.8. The van der Waals surface area contributed by atoms with Gasteiger partial charge in [-0.2, -0.15) is 0 Å². The molecule has 0 bridgehead atoms. The highest BCUT2D eigenvalue weighted by molar-refractivity contribution is 7.89. The van der Waals surface area contributed by atoms with Crippen molar-refractivity contribution in [3.8, 4) is 0 Å². The van der Waals surface area contributed by atoms with Crippen LogP contribution in [0.1, 0.15) is 26.7 Å². The molecular formula is C12H18ClFN2O3S. The smallest absolute Gasteiger partial charge is 0.243 e. The van der Waals surface area contributed by atoms with Crippen molar-refractivity contribution in [1.29, 1.82) is 0 Å². The number of nitrogens with one attached hydrogen (secondary N) is 1. The van der Waals surface area contributed by atoms with Gasteiger partial charge in [0.2, 0.25) is 10.0 Å². The van der Waals surface area contributed by atoms with Crippen LogP contribution in [0.25, 0.3) is 0 Å². The summed E-state index contributed by atoms with van der Waals surface area (Å²) >= 11 is 5.68. The van der Waals surface area contributed by atoms with Crippen molar-refractivity contribution in [2.45, 2.75) is 37.2 Å². The van der Waals surface area contributed by atoms with E-state index in [-0.39, 0.29) is 17.3 Å². The van der Waals surface area contributed by atoms with Crippen LogP contribution in [0.2, 0.25) is 5.02 Å². The number of nitrogens with two attached hydrogens (primary N) is 1. The zero-order valence-corrected chi connectivity index (χ0v) is 12.9. The summed E-state index contributed by atoms with van der Waals surface area (Å²) in [5.74, 6) is -1.06. The van der Waals surface area contributed by atoms with E-state index >= 15 is 0 Å². The first-order chi connectivity index (χ1) is 9.09. The summed E-state index contributed by atoms with van der Waals surface area (Å²) in [7, 11) is -4.14. The zero-order valence-electron chi connectivity index (χ0n) is 11.3. The highest BCUT2D eigenvalue weighted by Crippen LogP contribution is 2.25. The number of halogens is 2. The molecule has 0 amide bonds. The fraction of sp³-hybridized carbons (Fsp3) is 0.500. The first-order valence-corrected chi connectivity index (χ1v) is 7.92. The largest absolute Gasteiger partial charge is 0.396 e. The molecule has 0 spiro atoms. The SMILES string of the molecule is CCCC(C)(O)CNS(=O)(=O)c1cc(Cl)cc(N)c1F. The lowest BCUT2D eigenvalue weighted by Crippen LogP contribution is -2.40. The Labute approximate surface area is 123 Å². The van der Waals surface area contributed by atoms with Gasteiger partial charge in [0.15, 0.2) is 5.82 Å². The van der Waals surface area contributed by atoms with Gasteiger partial charge in [-0.25, -0.2) is 17.5 Å². The lowest BCUT2D eigenvalue weighted by molar-refractivity contribution is 0.0554. The highest BCUT2D eigenvalue weighted by atomic mass is 35.5. The van der Waals surface area contributed by atoms with Crippen LogP contribution in [0.4, 0.5) is 10.1 Å². The number of nitrogen functional groups attached to an aromatic ring is 1. The molecule has 1 unspecified atom stereocenters. The molecule has 0 fully saturated rings. The van der Waals surface area contributed by atoms with Crippen LogP contribution in [0.3, 0.4) is 0 Å². The maximum absolute atomic E-state index is 13.8. The van der Waals surface area contributed by atoms with Gasteiger partial charge in [-0.3, -0.25) is 0 Å². The van der Waals surface area contributed by atoms with Crippen LogP contribution in [0.15, 0.2) is 17.0 Å². The van der Waals surface area contributed by atoms with Crippen LogP contribution < -0.4 is 10.5 Å². The minimum Gasteiger partial charge on any atom is -0.396 e. The predicted molar refractivity (Wildman–Crippen MR) is 76.5 cm³/mol. The summed E-state index contributed by atoms with van der Waals surface area (Å²) in [6.07, 6.45) is 1.10. The number of anilines is 1. The first kappa shape index (κ1) is 17.2. The lowest BCUT2D eigenvalue weighted by Gasteiger charge is -2.23. The minimum absolute atomic E-state index is 0.0181. The van der Waals surface area contributed by atoms with E-state index in [1.807, 2.05) is 6.92 Å². The molecule has 0 aromatic heterocycles. The standard InChI is InChI=1S/C12H18ClFN2O3S/c1-3-4-12(2,17)7-16-20(18,19)10-6-8(13)5-9(15)11(10)14/h5-6,16-17H,3-4,7,15H2,1-2H3. The highest BCUT2D eigenvalue weighted by Gasteiger charge is 2.26. The van der Waals surface area contributed by atoms with Gasteiger partial charge in [-0.15, -0.1) is 0 Å². The molecule has 0 aliphatic carbocycles. The Morgan fingerprint density at radius 3 is 2.65 bits per heavy atom. The summed E-state index contributed by atoms with van der Waals surface area (Å²) < 4.78 is 40.0. The molecule has 1 aromatic carbocycles. The molecule has 4 N–H and O–H groups in total. The monoisotopic (exact) mass is 324 g/mol. The second-order valence-electron chi connectivity index (χ2n) is 4.88. The molecule has 114 valence electrons. The summed E-state index contributed by atoms with van der Waals surface area (Å²) in [6.45, 7) is 3.14. The third-order valence-corrected chi connectivity index (χ3v) is 4.37. The Bertz CT molecular complexity index is 591. The number of hydrogen-bond acceptors (Lipinski definition) is 4. The maximum Gasteiger partial charge on any atom is 0.243 e. The fourth-order valence-electron chi connectivity index (χ4n) is 1.74. The van der Waals surface area contributed by atoms with Crippen molar-refractivity contribution in [1.82, 2.24) is 4.72 Å². The van der Waals surface area contributed by atoms with Gasteiger partial charge in [0.05, 0.1) is 11.3 Å². The number of sulfonamides is 1. The Kier molecular flexibility index (Phi) is 5.37. The molecule has 0 saturated heterocycles. The normalized spacial score (nSPS) is 15.1. The van der Waals surface area contributed by atoms with Gasteiger partial charge >= 0.3 is 0 Å². The lowest BCUT2D eigenvalue weighted by atomic mass is 10.0. The van der Waals surface area contributed by atoms with Crippen molar-refractivity contribution in [2.24, 2.45) is 0 Å². The van der Waals surface area contributed by atoms with Crippen LogP contribution in [0.5, 0.6) is 0 Å². The van der Waals surface area contributed by atoms with E-state index in [1.165, 1.54) is 6.92 Å². The van der Waals surface area contributed by atoms with E-state index in [1.54, 1.807) is 0 Å². The van der Waals surface area contributed by atoms with Gasteiger partial charge in [-0.1, -0.05) is 24.9 Å². The zero-order chi connectivity index (χ0) is 15.6. The Hall–Kier alpha value is -0.890.